The molecule has 7 nitrogen and oxygen atoms in total. The third-order valence-electron chi connectivity index (χ3n) is 3.23. The number of aliphatic carboxylic acids is 1. The van der Waals surface area contributed by atoms with E-state index in [4.69, 9.17) is 5.11 Å². The van der Waals surface area contributed by atoms with E-state index in [1.807, 2.05) is 0 Å². The number of hydrogen-bond donors (Lipinski definition) is 3. The molecule has 1 aromatic carbocycles. The molecule has 0 aliphatic rings. The summed E-state index contributed by atoms with van der Waals surface area (Å²) >= 11 is 0. The summed E-state index contributed by atoms with van der Waals surface area (Å²) in [5, 5.41) is 11.1. The lowest BCUT2D eigenvalue weighted by Gasteiger charge is -2.23. The van der Waals surface area contributed by atoms with Crippen LogP contribution in [0.1, 0.15) is 27.2 Å². The number of nitrogens with one attached hydrogen (secondary N) is 2. The molecule has 1 aromatic rings. The predicted octanol–water partition coefficient (Wildman–Crippen LogP) is 1.11. The van der Waals surface area contributed by atoms with Crippen LogP contribution in [0.15, 0.2) is 29.2 Å². The number of hydrogen-bond acceptors (Lipinski definition) is 4. The van der Waals surface area contributed by atoms with Gasteiger partial charge in [0, 0.05) is 6.04 Å². The first-order chi connectivity index (χ1) is 11.0. The summed E-state index contributed by atoms with van der Waals surface area (Å²) in [5.41, 5.74) is 0. The molecule has 134 valence electrons. The lowest BCUT2D eigenvalue weighted by atomic mass is 10.0. The van der Waals surface area contributed by atoms with E-state index < -0.39 is 50.6 Å². The van der Waals surface area contributed by atoms with Crippen LogP contribution in [0.2, 0.25) is 0 Å². The van der Waals surface area contributed by atoms with Crippen molar-refractivity contribution in [3.63, 3.8) is 0 Å². The number of halogens is 1. The fourth-order valence-electron chi connectivity index (χ4n) is 2.03. The van der Waals surface area contributed by atoms with Crippen LogP contribution in [0.5, 0.6) is 0 Å². The van der Waals surface area contributed by atoms with Crippen molar-refractivity contribution < 1.29 is 27.5 Å². The first-order valence-corrected chi connectivity index (χ1v) is 8.82. The Hall–Kier alpha value is -2.00. The average molecular weight is 360 g/mol. The third kappa shape index (κ3) is 5.57. The molecule has 9 heteroatoms. The fraction of sp³-hybridized carbons (Fsp3) is 0.467. The van der Waals surface area contributed by atoms with Crippen LogP contribution in [-0.4, -0.2) is 37.5 Å². The van der Waals surface area contributed by atoms with Gasteiger partial charge in [0.15, 0.2) is 0 Å². The standard InChI is InChI=1S/C15H21FN2O5S/c1-9(2)14(15(21)17-10(3)8-13(19)20)18-24(22,23)12-7-5-4-6-11(12)16/h4-7,9-10,14,18H,8H2,1-3H3,(H,17,21)(H,19,20). The Balaban J connectivity index is 2.95. The maximum Gasteiger partial charge on any atom is 0.305 e. The topological polar surface area (TPSA) is 113 Å². The number of carbonyl (C=O) groups excluding carboxylic acids is 1. The Bertz CT molecular complexity index is 706. The van der Waals surface area contributed by atoms with Gasteiger partial charge in [0.2, 0.25) is 15.9 Å². The summed E-state index contributed by atoms with van der Waals surface area (Å²) in [7, 11) is -4.24. The van der Waals surface area contributed by atoms with Crippen molar-refractivity contribution in [2.45, 2.75) is 44.2 Å². The molecule has 1 rings (SSSR count). The number of benzene rings is 1. The lowest BCUT2D eigenvalue weighted by Crippen LogP contribution is -2.51. The Morgan fingerprint density at radius 3 is 2.29 bits per heavy atom. The van der Waals surface area contributed by atoms with E-state index in [-0.39, 0.29) is 6.42 Å². The van der Waals surface area contributed by atoms with Crippen molar-refractivity contribution in [2.24, 2.45) is 5.92 Å². The van der Waals surface area contributed by atoms with Crippen molar-refractivity contribution in [3.8, 4) is 0 Å². The zero-order valence-corrected chi connectivity index (χ0v) is 14.4. The molecule has 0 heterocycles. The Kier molecular flexibility index (Phi) is 6.85. The SMILES string of the molecule is CC(CC(=O)O)NC(=O)C(NS(=O)(=O)c1ccccc1F)C(C)C. The predicted molar refractivity (Wildman–Crippen MR) is 85.2 cm³/mol. The molecule has 1 amide bonds. The second-order valence-corrected chi connectivity index (χ2v) is 7.46. The molecule has 2 atom stereocenters. The van der Waals surface area contributed by atoms with E-state index in [0.29, 0.717) is 0 Å². The highest BCUT2D eigenvalue weighted by atomic mass is 32.2. The van der Waals surface area contributed by atoms with Gasteiger partial charge in [0.25, 0.3) is 0 Å². The first kappa shape index (κ1) is 20.0. The van der Waals surface area contributed by atoms with Gasteiger partial charge in [-0.05, 0) is 25.0 Å². The van der Waals surface area contributed by atoms with Crippen molar-refractivity contribution in [2.75, 3.05) is 0 Å². The van der Waals surface area contributed by atoms with E-state index in [1.54, 1.807) is 13.8 Å². The summed E-state index contributed by atoms with van der Waals surface area (Å²) in [6.07, 6.45) is -0.295. The van der Waals surface area contributed by atoms with Gasteiger partial charge in [-0.1, -0.05) is 26.0 Å². The fourth-order valence-corrected chi connectivity index (χ4v) is 3.45. The molecule has 0 aliphatic heterocycles. The van der Waals surface area contributed by atoms with E-state index in [2.05, 4.69) is 10.0 Å². The molecular weight excluding hydrogens is 339 g/mol. The second-order valence-electron chi connectivity index (χ2n) is 5.78. The van der Waals surface area contributed by atoms with Gasteiger partial charge in [0.05, 0.1) is 6.42 Å². The molecule has 0 aromatic heterocycles. The highest BCUT2D eigenvalue weighted by Crippen LogP contribution is 2.15. The Labute approximate surface area is 140 Å². The number of rotatable bonds is 8. The summed E-state index contributed by atoms with van der Waals surface area (Å²) in [5.74, 6) is -3.11. The highest BCUT2D eigenvalue weighted by molar-refractivity contribution is 7.89. The van der Waals surface area contributed by atoms with Gasteiger partial charge in [-0.15, -0.1) is 0 Å². The van der Waals surface area contributed by atoms with Crippen LogP contribution >= 0.6 is 0 Å². The Morgan fingerprint density at radius 1 is 1.21 bits per heavy atom. The van der Waals surface area contributed by atoms with E-state index >= 15 is 0 Å². The van der Waals surface area contributed by atoms with E-state index in [9.17, 15) is 22.4 Å². The van der Waals surface area contributed by atoms with Crippen molar-refractivity contribution in [1.29, 1.82) is 0 Å². The number of carbonyl (C=O) groups is 2. The summed E-state index contributed by atoms with van der Waals surface area (Å²) < 4.78 is 40.5. The minimum absolute atomic E-state index is 0.295. The van der Waals surface area contributed by atoms with Crippen LogP contribution in [0.3, 0.4) is 0 Å². The van der Waals surface area contributed by atoms with Gasteiger partial charge in [0.1, 0.15) is 16.8 Å². The molecule has 0 fully saturated rings. The first-order valence-electron chi connectivity index (χ1n) is 7.33. The van der Waals surface area contributed by atoms with Gasteiger partial charge >= 0.3 is 5.97 Å². The number of sulfonamides is 1. The molecule has 0 saturated carbocycles. The summed E-state index contributed by atoms with van der Waals surface area (Å²) in [6, 6.07) is 3.00. The molecule has 0 aliphatic carbocycles. The number of carboxylic acid groups (broad SMARTS) is 1. The molecule has 0 spiro atoms. The summed E-state index contributed by atoms with van der Waals surface area (Å²) in [4.78, 5) is 22.3. The zero-order valence-electron chi connectivity index (χ0n) is 13.6. The maximum absolute atomic E-state index is 13.7. The zero-order chi connectivity index (χ0) is 18.5. The van der Waals surface area contributed by atoms with Gasteiger partial charge in [-0.25, -0.2) is 12.8 Å². The summed E-state index contributed by atoms with van der Waals surface area (Å²) in [6.45, 7) is 4.74. The van der Waals surface area contributed by atoms with Crippen LogP contribution in [-0.2, 0) is 19.6 Å². The minimum atomic E-state index is -4.24. The van der Waals surface area contributed by atoms with Gasteiger partial charge in [-0.3, -0.25) is 9.59 Å². The molecule has 0 saturated heterocycles. The molecular formula is C15H21FN2O5S. The molecule has 2 unspecified atom stereocenters. The molecule has 24 heavy (non-hydrogen) atoms. The molecule has 0 bridgehead atoms. The largest absolute Gasteiger partial charge is 0.481 e. The quantitative estimate of drug-likeness (QED) is 0.643. The van der Waals surface area contributed by atoms with Crippen LogP contribution in [0, 0.1) is 11.7 Å². The van der Waals surface area contributed by atoms with E-state index in [0.717, 1.165) is 12.1 Å². The smallest absolute Gasteiger partial charge is 0.305 e. The van der Waals surface area contributed by atoms with Crippen LogP contribution in [0.25, 0.3) is 0 Å². The average Bonchev–Trinajstić information content (AvgIpc) is 2.43. The van der Waals surface area contributed by atoms with Crippen molar-refractivity contribution >= 4 is 21.9 Å². The maximum atomic E-state index is 13.7. The van der Waals surface area contributed by atoms with E-state index in [1.165, 1.54) is 19.1 Å². The lowest BCUT2D eigenvalue weighted by molar-refractivity contribution is -0.137. The monoisotopic (exact) mass is 360 g/mol. The second kappa shape index (κ2) is 8.20. The third-order valence-corrected chi connectivity index (χ3v) is 4.70. The number of amides is 1. The number of carboxylic acids is 1. The molecule has 0 radical (unpaired) electrons. The normalized spacial score (nSPS) is 14.2. The van der Waals surface area contributed by atoms with Crippen LogP contribution < -0.4 is 10.0 Å². The molecule has 3 N–H and O–H groups in total. The van der Waals surface area contributed by atoms with Crippen molar-refractivity contribution in [1.82, 2.24) is 10.0 Å². The van der Waals surface area contributed by atoms with Gasteiger partial charge in [-0.2, -0.15) is 4.72 Å². The van der Waals surface area contributed by atoms with Gasteiger partial charge < -0.3 is 10.4 Å². The minimum Gasteiger partial charge on any atom is -0.481 e. The van der Waals surface area contributed by atoms with Crippen LogP contribution in [0.4, 0.5) is 4.39 Å². The highest BCUT2D eigenvalue weighted by Gasteiger charge is 2.30. The Morgan fingerprint density at radius 2 is 1.79 bits per heavy atom. The van der Waals surface area contributed by atoms with Crippen molar-refractivity contribution in [3.05, 3.63) is 30.1 Å².